The Labute approximate surface area is 426 Å². The molecule has 0 saturated heterocycles. The quantitative estimate of drug-likeness (QED) is 0.0519. The lowest BCUT2D eigenvalue weighted by Crippen LogP contribution is -2.53. The highest BCUT2D eigenvalue weighted by atomic mass is 16.7. The van der Waals surface area contributed by atoms with Crippen molar-refractivity contribution in [3.8, 4) is 0 Å². The van der Waals surface area contributed by atoms with Crippen molar-refractivity contribution in [2.75, 3.05) is 47.7 Å². The number of nitrogens with one attached hydrogen (secondary N) is 7. The number of aliphatic carboxylic acids is 1. The van der Waals surface area contributed by atoms with Crippen LogP contribution in [0.2, 0.25) is 0 Å². The highest BCUT2D eigenvalue weighted by molar-refractivity contribution is 6.40. The van der Waals surface area contributed by atoms with Gasteiger partial charge in [0.15, 0.2) is 12.6 Å². The number of hydrogen-bond donors (Lipinski definition) is 9. The third-order valence-electron chi connectivity index (χ3n) is 9.90. The van der Waals surface area contributed by atoms with Crippen LogP contribution in [-0.4, -0.2) is 116 Å². The van der Waals surface area contributed by atoms with E-state index < -0.39 is 59.9 Å². The topological polar surface area (TPSA) is 304 Å². The van der Waals surface area contributed by atoms with Gasteiger partial charge in [-0.15, -0.1) is 0 Å². The smallest absolute Gasteiger partial charge is 0.325 e. The molecule has 0 saturated carbocycles. The number of rotatable bonds is 21. The van der Waals surface area contributed by atoms with Crippen LogP contribution in [0.25, 0.3) is 0 Å². The standard InChI is InChI=1S/C25H40N4O6.C17H23N3O5.C8H19NO2.CH4/c1-9-19(24(34-10-2)35-11-3)28-21(31)15(4)26-22(32)23(33)29-20-14-17(27-16(5)30)12-13-18(20)25(6,7)8;1-9(16(24)25)18-14(22)15(23)20-13-8-11(19-10(2)21)6-7-12(13)17(3,4)5;1-4-7(9)8(10-5-2)11-6-3;/h12-15,19,24H,9-11H2,1-8H3,(H,26,32)(H,27,30)(H,28,31)(H,29,33);6-9H,1-5H3,(H,18,22)(H,19,21)(H,20,23)(H,24,25);7-8H,4-6,9H2,1-3H3;1H4/t15-,19-;9-;7-;/m000./s1. The summed E-state index contributed by atoms with van der Waals surface area (Å²) in [5.74, 6) is -6.17. The van der Waals surface area contributed by atoms with Crippen LogP contribution in [0.3, 0.4) is 0 Å². The molecule has 72 heavy (non-hydrogen) atoms. The summed E-state index contributed by atoms with van der Waals surface area (Å²) < 4.78 is 21.7. The van der Waals surface area contributed by atoms with Gasteiger partial charge in [-0.25, -0.2) is 0 Å². The minimum Gasteiger partial charge on any atom is -0.480 e. The predicted molar refractivity (Wildman–Crippen MR) is 280 cm³/mol. The average Bonchev–Trinajstić information content (AvgIpc) is 3.26. The number of carbonyl (C=O) groups excluding carboxylic acids is 7. The third-order valence-corrected chi connectivity index (χ3v) is 9.90. The molecular weight excluding hydrogens is 933 g/mol. The van der Waals surface area contributed by atoms with Crippen LogP contribution in [0, 0.1) is 0 Å². The van der Waals surface area contributed by atoms with Crippen LogP contribution < -0.4 is 43.0 Å². The number of amides is 7. The molecule has 0 aliphatic rings. The molecule has 2 aromatic carbocycles. The van der Waals surface area contributed by atoms with Gasteiger partial charge in [0.05, 0.1) is 12.1 Å². The Kier molecular flexibility index (Phi) is 31.8. The van der Waals surface area contributed by atoms with E-state index in [-0.39, 0.29) is 42.4 Å². The molecule has 2 rings (SSSR count). The van der Waals surface area contributed by atoms with Crippen molar-refractivity contribution in [3.05, 3.63) is 47.5 Å². The van der Waals surface area contributed by atoms with Gasteiger partial charge < -0.3 is 67.0 Å². The number of carbonyl (C=O) groups is 8. The molecule has 0 aliphatic heterocycles. The molecule has 0 unspecified atom stereocenters. The number of nitrogens with two attached hydrogens (primary N) is 1. The average molecular weight is 1020 g/mol. The largest absolute Gasteiger partial charge is 0.480 e. The van der Waals surface area contributed by atoms with Crippen molar-refractivity contribution in [2.45, 2.75) is 179 Å². The van der Waals surface area contributed by atoms with Gasteiger partial charge in [0, 0.05) is 63.0 Å². The minimum absolute atomic E-state index is 0. The summed E-state index contributed by atoms with van der Waals surface area (Å²) in [6, 6.07) is 7.52. The molecule has 408 valence electrons. The number of anilines is 4. The first-order valence-corrected chi connectivity index (χ1v) is 23.8. The Hall–Kier alpha value is -6.00. The zero-order valence-corrected chi connectivity index (χ0v) is 44.6. The number of benzene rings is 2. The molecule has 0 radical (unpaired) electrons. The molecule has 10 N–H and O–H groups in total. The van der Waals surface area contributed by atoms with E-state index in [0.29, 0.717) is 55.6 Å². The maximum atomic E-state index is 12.7. The molecular formula is C51H86N8O13. The maximum Gasteiger partial charge on any atom is 0.325 e. The van der Waals surface area contributed by atoms with E-state index >= 15 is 0 Å². The van der Waals surface area contributed by atoms with Crippen LogP contribution in [0.15, 0.2) is 36.4 Å². The van der Waals surface area contributed by atoms with Gasteiger partial charge >= 0.3 is 29.6 Å². The van der Waals surface area contributed by atoms with E-state index in [4.69, 9.17) is 29.8 Å². The molecule has 2 aromatic rings. The van der Waals surface area contributed by atoms with Gasteiger partial charge in [0.25, 0.3) is 0 Å². The first-order chi connectivity index (χ1) is 33.0. The first kappa shape index (κ1) is 68.1. The fourth-order valence-electron chi connectivity index (χ4n) is 6.27. The SMILES string of the molecule is C.CC(=O)Nc1ccc(C(C)(C)C)c(NC(=O)C(=O)N[C@@H](C)C(=O)O)c1.CCOC(OCC)[C@@H](N)CC.CCOC(OCC)[C@H](CC)NC(=O)[C@H](C)NC(=O)C(=O)Nc1cc(NC(C)=O)ccc1C(C)(C)C. The lowest BCUT2D eigenvalue weighted by atomic mass is 9.85. The van der Waals surface area contributed by atoms with Gasteiger partial charge in [-0.1, -0.05) is 74.9 Å². The monoisotopic (exact) mass is 1020 g/mol. The van der Waals surface area contributed by atoms with Crippen LogP contribution in [0.4, 0.5) is 22.7 Å². The summed E-state index contributed by atoms with van der Waals surface area (Å²) in [5, 5.41) is 26.5. The summed E-state index contributed by atoms with van der Waals surface area (Å²) in [6.45, 7) is 30.8. The molecule has 0 spiro atoms. The third kappa shape index (κ3) is 25.4. The van der Waals surface area contributed by atoms with Gasteiger partial charge in [-0.2, -0.15) is 0 Å². The van der Waals surface area contributed by atoms with E-state index in [1.807, 2.05) is 83.1 Å². The van der Waals surface area contributed by atoms with Gasteiger partial charge in [-0.3, -0.25) is 38.4 Å². The molecule has 0 fully saturated rings. The molecule has 4 atom stereocenters. The highest BCUT2D eigenvalue weighted by Crippen LogP contribution is 2.33. The normalized spacial score (nSPS) is 12.7. The van der Waals surface area contributed by atoms with Crippen molar-refractivity contribution in [1.82, 2.24) is 16.0 Å². The number of ether oxygens (including phenoxy) is 4. The lowest BCUT2D eigenvalue weighted by molar-refractivity contribution is -0.159. The van der Waals surface area contributed by atoms with Crippen LogP contribution >= 0.6 is 0 Å². The van der Waals surface area contributed by atoms with Crippen LogP contribution in [0.5, 0.6) is 0 Å². The molecule has 21 heteroatoms. The van der Waals surface area contributed by atoms with Gasteiger partial charge in [0.1, 0.15) is 12.1 Å². The van der Waals surface area contributed by atoms with Crippen molar-refractivity contribution in [2.24, 2.45) is 5.73 Å². The molecule has 0 aliphatic carbocycles. The Morgan fingerprint density at radius 2 is 0.903 bits per heavy atom. The second-order valence-corrected chi connectivity index (χ2v) is 18.2. The molecule has 21 nitrogen and oxygen atoms in total. The zero-order valence-electron chi connectivity index (χ0n) is 44.6. The number of carboxylic acid groups (broad SMARTS) is 1. The highest BCUT2D eigenvalue weighted by Gasteiger charge is 2.29. The molecule has 0 aromatic heterocycles. The number of hydrogen-bond acceptors (Lipinski definition) is 13. The second kappa shape index (κ2) is 33.6. The lowest BCUT2D eigenvalue weighted by Gasteiger charge is -2.28. The van der Waals surface area contributed by atoms with Crippen LogP contribution in [-0.2, 0) is 68.1 Å². The summed E-state index contributed by atoms with van der Waals surface area (Å²) in [7, 11) is 0. The van der Waals surface area contributed by atoms with E-state index in [1.54, 1.807) is 36.4 Å². The summed E-state index contributed by atoms with van der Waals surface area (Å²) in [6.07, 6.45) is 0.592. The van der Waals surface area contributed by atoms with E-state index in [2.05, 4.69) is 37.2 Å². The zero-order chi connectivity index (χ0) is 54.8. The van der Waals surface area contributed by atoms with Crippen molar-refractivity contribution >= 4 is 70.1 Å². The number of carboxylic acids is 1. The van der Waals surface area contributed by atoms with Gasteiger partial charge in [-0.05, 0) is 101 Å². The summed E-state index contributed by atoms with van der Waals surface area (Å²) >= 11 is 0. The Balaban J connectivity index is 0. The Bertz CT molecular complexity index is 2060. The molecule has 0 heterocycles. The fraction of sp³-hybridized carbons (Fsp3) is 0.608. The summed E-state index contributed by atoms with van der Waals surface area (Å²) in [5.41, 5.74) is 8.31. The van der Waals surface area contributed by atoms with E-state index in [0.717, 1.165) is 17.5 Å². The predicted octanol–water partition coefficient (Wildman–Crippen LogP) is 5.91. The summed E-state index contributed by atoms with van der Waals surface area (Å²) in [4.78, 5) is 95.2. The second-order valence-electron chi connectivity index (χ2n) is 18.2. The van der Waals surface area contributed by atoms with Gasteiger partial charge in [0.2, 0.25) is 17.7 Å². The maximum absolute atomic E-state index is 12.7. The van der Waals surface area contributed by atoms with Crippen molar-refractivity contribution < 1.29 is 62.4 Å². The van der Waals surface area contributed by atoms with Crippen LogP contribution in [0.1, 0.15) is 142 Å². The first-order valence-electron chi connectivity index (χ1n) is 23.8. The Morgan fingerprint density at radius 3 is 1.21 bits per heavy atom. The minimum atomic E-state index is -1.25. The van der Waals surface area contributed by atoms with E-state index in [1.165, 1.54) is 27.7 Å². The van der Waals surface area contributed by atoms with E-state index in [9.17, 15) is 38.4 Å². The van der Waals surface area contributed by atoms with Crippen molar-refractivity contribution in [1.29, 1.82) is 0 Å². The van der Waals surface area contributed by atoms with Crippen molar-refractivity contribution in [3.63, 3.8) is 0 Å². The molecule has 7 amide bonds. The Morgan fingerprint density at radius 1 is 0.542 bits per heavy atom. The molecule has 0 bridgehead atoms. The fourth-order valence-corrected chi connectivity index (χ4v) is 6.27.